The second kappa shape index (κ2) is 6.06. The SMILES string of the molecule is CCCNC(c1cnn(CC)c1)c1nc2c(s1)CCC2. The standard InChI is InChI=1S/C15H22N4S/c1-3-8-16-14(11-9-17-19(4-2)10-11)15-18-12-6-5-7-13(12)20-15/h9-10,14,16H,3-8H2,1-2H3. The molecule has 3 rings (SSSR count). The van der Waals surface area contributed by atoms with Crippen LogP contribution in [0.3, 0.4) is 0 Å². The molecule has 0 saturated heterocycles. The fourth-order valence-corrected chi connectivity index (χ4v) is 3.93. The van der Waals surface area contributed by atoms with E-state index in [2.05, 4.69) is 30.5 Å². The van der Waals surface area contributed by atoms with Gasteiger partial charge in [-0.05, 0) is 39.2 Å². The molecule has 2 aromatic rings. The molecule has 0 fully saturated rings. The summed E-state index contributed by atoms with van der Waals surface area (Å²) < 4.78 is 1.98. The molecular formula is C15H22N4S. The molecule has 5 heteroatoms. The third-order valence-electron chi connectivity index (χ3n) is 3.77. The van der Waals surface area contributed by atoms with Crippen LogP contribution in [0.2, 0.25) is 0 Å². The Hall–Kier alpha value is -1.20. The molecule has 4 nitrogen and oxygen atoms in total. The quantitative estimate of drug-likeness (QED) is 0.889. The van der Waals surface area contributed by atoms with Gasteiger partial charge in [0, 0.05) is 23.2 Å². The number of nitrogens with zero attached hydrogens (tertiary/aromatic N) is 3. The molecular weight excluding hydrogens is 268 g/mol. The second-order valence-electron chi connectivity index (χ2n) is 5.29. The molecule has 1 atom stereocenters. The van der Waals surface area contributed by atoms with Crippen LogP contribution in [0.4, 0.5) is 0 Å². The van der Waals surface area contributed by atoms with Gasteiger partial charge >= 0.3 is 0 Å². The van der Waals surface area contributed by atoms with Crippen LogP contribution in [-0.4, -0.2) is 21.3 Å². The molecule has 0 aliphatic heterocycles. The van der Waals surface area contributed by atoms with Crippen LogP contribution < -0.4 is 5.32 Å². The lowest BCUT2D eigenvalue weighted by Crippen LogP contribution is -2.22. The zero-order chi connectivity index (χ0) is 13.9. The number of rotatable bonds is 6. The minimum absolute atomic E-state index is 0.200. The van der Waals surface area contributed by atoms with E-state index in [-0.39, 0.29) is 6.04 Å². The molecule has 1 unspecified atom stereocenters. The van der Waals surface area contributed by atoms with E-state index >= 15 is 0 Å². The van der Waals surface area contributed by atoms with Crippen molar-refractivity contribution in [3.63, 3.8) is 0 Å². The fourth-order valence-electron chi connectivity index (χ4n) is 2.67. The minimum atomic E-state index is 0.200. The van der Waals surface area contributed by atoms with Gasteiger partial charge in [0.2, 0.25) is 0 Å². The van der Waals surface area contributed by atoms with Crippen LogP contribution >= 0.6 is 11.3 Å². The number of thiazole rings is 1. The van der Waals surface area contributed by atoms with Crippen molar-refractivity contribution in [1.82, 2.24) is 20.1 Å². The number of aromatic nitrogens is 3. The van der Waals surface area contributed by atoms with Crippen molar-refractivity contribution in [2.45, 2.75) is 52.1 Å². The summed E-state index contributed by atoms with van der Waals surface area (Å²) in [5.74, 6) is 0. The number of nitrogens with one attached hydrogen (secondary N) is 1. The Morgan fingerprint density at radius 3 is 3.00 bits per heavy atom. The fraction of sp³-hybridized carbons (Fsp3) is 0.600. The first-order valence-electron chi connectivity index (χ1n) is 7.56. The number of hydrogen-bond donors (Lipinski definition) is 1. The number of hydrogen-bond acceptors (Lipinski definition) is 4. The van der Waals surface area contributed by atoms with E-state index in [1.54, 1.807) is 0 Å². The normalized spacial score (nSPS) is 15.5. The third kappa shape index (κ3) is 2.65. The Bertz CT molecular complexity index is 551. The van der Waals surface area contributed by atoms with Crippen molar-refractivity contribution in [1.29, 1.82) is 0 Å². The van der Waals surface area contributed by atoms with E-state index < -0.39 is 0 Å². The molecule has 2 heterocycles. The highest BCUT2D eigenvalue weighted by atomic mass is 32.1. The summed E-state index contributed by atoms with van der Waals surface area (Å²) in [6.45, 7) is 6.23. The molecule has 2 aromatic heterocycles. The number of fused-ring (bicyclic) bond motifs is 1. The van der Waals surface area contributed by atoms with Crippen LogP contribution in [-0.2, 0) is 19.4 Å². The Morgan fingerprint density at radius 2 is 2.30 bits per heavy atom. The van der Waals surface area contributed by atoms with E-state index in [1.807, 2.05) is 22.2 Å². The van der Waals surface area contributed by atoms with Gasteiger partial charge in [-0.1, -0.05) is 6.92 Å². The highest BCUT2D eigenvalue weighted by Crippen LogP contribution is 2.33. The van der Waals surface area contributed by atoms with Crippen molar-refractivity contribution in [2.75, 3.05) is 6.54 Å². The summed E-state index contributed by atoms with van der Waals surface area (Å²) in [4.78, 5) is 6.37. The first-order chi connectivity index (χ1) is 9.81. The lowest BCUT2D eigenvalue weighted by molar-refractivity contribution is 0.592. The number of aryl methyl sites for hydroxylation is 3. The van der Waals surface area contributed by atoms with Crippen LogP contribution in [0.15, 0.2) is 12.4 Å². The van der Waals surface area contributed by atoms with E-state index in [9.17, 15) is 0 Å². The zero-order valence-corrected chi connectivity index (χ0v) is 13.0. The second-order valence-corrected chi connectivity index (χ2v) is 6.41. The highest BCUT2D eigenvalue weighted by Gasteiger charge is 2.23. The molecule has 0 saturated carbocycles. The summed E-state index contributed by atoms with van der Waals surface area (Å²) in [6.07, 6.45) is 8.88. The minimum Gasteiger partial charge on any atom is -0.304 e. The zero-order valence-electron chi connectivity index (χ0n) is 12.2. The van der Waals surface area contributed by atoms with Gasteiger partial charge in [-0.25, -0.2) is 4.98 Å². The Morgan fingerprint density at radius 1 is 1.40 bits per heavy atom. The van der Waals surface area contributed by atoms with Crippen LogP contribution in [0.5, 0.6) is 0 Å². The molecule has 0 bridgehead atoms. The van der Waals surface area contributed by atoms with E-state index in [1.165, 1.54) is 34.0 Å². The van der Waals surface area contributed by atoms with Gasteiger partial charge in [0.1, 0.15) is 5.01 Å². The molecule has 1 aliphatic carbocycles. The van der Waals surface area contributed by atoms with Gasteiger partial charge in [-0.3, -0.25) is 4.68 Å². The van der Waals surface area contributed by atoms with Gasteiger partial charge < -0.3 is 5.32 Å². The van der Waals surface area contributed by atoms with E-state index in [0.29, 0.717) is 0 Å². The molecule has 0 aromatic carbocycles. The molecule has 1 aliphatic rings. The Kier molecular flexibility index (Phi) is 4.17. The average Bonchev–Trinajstić information content (AvgIpc) is 3.14. The first-order valence-corrected chi connectivity index (χ1v) is 8.37. The summed E-state index contributed by atoms with van der Waals surface area (Å²) in [6, 6.07) is 0.200. The molecule has 0 spiro atoms. The topological polar surface area (TPSA) is 42.7 Å². The largest absolute Gasteiger partial charge is 0.304 e. The molecule has 20 heavy (non-hydrogen) atoms. The smallest absolute Gasteiger partial charge is 0.115 e. The van der Waals surface area contributed by atoms with Crippen molar-refractivity contribution in [3.05, 3.63) is 33.5 Å². The van der Waals surface area contributed by atoms with Crippen molar-refractivity contribution >= 4 is 11.3 Å². The van der Waals surface area contributed by atoms with Gasteiger partial charge in [-0.2, -0.15) is 5.10 Å². The lowest BCUT2D eigenvalue weighted by Gasteiger charge is -2.14. The van der Waals surface area contributed by atoms with E-state index in [0.717, 1.165) is 25.9 Å². The Balaban J connectivity index is 1.88. The van der Waals surface area contributed by atoms with Crippen molar-refractivity contribution < 1.29 is 0 Å². The lowest BCUT2D eigenvalue weighted by atomic mass is 10.1. The Labute approximate surface area is 124 Å². The first kappa shape index (κ1) is 13.8. The van der Waals surface area contributed by atoms with Gasteiger partial charge in [0.25, 0.3) is 0 Å². The maximum atomic E-state index is 4.87. The third-order valence-corrected chi connectivity index (χ3v) is 4.99. The maximum Gasteiger partial charge on any atom is 0.115 e. The highest BCUT2D eigenvalue weighted by molar-refractivity contribution is 7.11. The van der Waals surface area contributed by atoms with Gasteiger partial charge in [-0.15, -0.1) is 11.3 Å². The molecule has 108 valence electrons. The molecule has 0 radical (unpaired) electrons. The molecule has 1 N–H and O–H groups in total. The predicted octanol–water partition coefficient (Wildman–Crippen LogP) is 2.94. The maximum absolute atomic E-state index is 4.87. The van der Waals surface area contributed by atoms with Crippen molar-refractivity contribution in [3.8, 4) is 0 Å². The van der Waals surface area contributed by atoms with Crippen LogP contribution in [0, 0.1) is 0 Å². The van der Waals surface area contributed by atoms with Crippen LogP contribution in [0.25, 0.3) is 0 Å². The summed E-state index contributed by atoms with van der Waals surface area (Å²) >= 11 is 1.88. The van der Waals surface area contributed by atoms with E-state index in [4.69, 9.17) is 4.98 Å². The average molecular weight is 290 g/mol. The van der Waals surface area contributed by atoms with Gasteiger partial charge in [0.05, 0.1) is 17.9 Å². The van der Waals surface area contributed by atoms with Crippen molar-refractivity contribution in [2.24, 2.45) is 0 Å². The molecule has 0 amide bonds. The predicted molar refractivity (Wildman–Crippen MR) is 82.2 cm³/mol. The van der Waals surface area contributed by atoms with Gasteiger partial charge in [0.15, 0.2) is 0 Å². The van der Waals surface area contributed by atoms with Crippen LogP contribution in [0.1, 0.15) is 53.9 Å². The monoisotopic (exact) mass is 290 g/mol. The summed E-state index contributed by atoms with van der Waals surface area (Å²) in [7, 11) is 0. The summed E-state index contributed by atoms with van der Waals surface area (Å²) in [5, 5.41) is 9.24. The summed E-state index contributed by atoms with van der Waals surface area (Å²) in [5.41, 5.74) is 2.56.